The van der Waals surface area contributed by atoms with Crippen molar-refractivity contribution in [2.24, 2.45) is 0 Å². The van der Waals surface area contributed by atoms with Crippen molar-refractivity contribution in [2.45, 2.75) is 24.8 Å². The minimum absolute atomic E-state index is 0.0584. The van der Waals surface area contributed by atoms with Gasteiger partial charge in [-0.25, -0.2) is 13.6 Å². The number of nitrogens with one attached hydrogen (secondary N) is 1. The van der Waals surface area contributed by atoms with Crippen LogP contribution in [0.5, 0.6) is 0 Å². The Bertz CT molecular complexity index is 612. The Morgan fingerprint density at radius 3 is 2.83 bits per heavy atom. The lowest BCUT2D eigenvalue weighted by Gasteiger charge is -2.26. The Kier molecular flexibility index (Phi) is 6.08. The first kappa shape index (κ1) is 18.1. The van der Waals surface area contributed by atoms with Crippen LogP contribution in [0.4, 0.5) is 13.6 Å². The Morgan fingerprint density at radius 1 is 1.42 bits per heavy atom. The van der Waals surface area contributed by atoms with Gasteiger partial charge >= 0.3 is 6.09 Å². The molecule has 0 aliphatic carbocycles. The average Bonchev–Trinajstić information content (AvgIpc) is 2.73. The zero-order valence-electron chi connectivity index (χ0n) is 13.3. The molecule has 6 nitrogen and oxygen atoms in total. The van der Waals surface area contributed by atoms with Crippen LogP contribution in [0.25, 0.3) is 0 Å². The molecule has 1 aliphatic rings. The van der Waals surface area contributed by atoms with Gasteiger partial charge in [0.05, 0.1) is 6.61 Å². The molecule has 0 aromatic heterocycles. The number of hydrogen-bond donors (Lipinski definition) is 2. The van der Waals surface area contributed by atoms with E-state index in [0.29, 0.717) is 6.42 Å². The Labute approximate surface area is 138 Å². The normalized spacial score (nSPS) is 21.0. The minimum atomic E-state index is -1.22. The maximum atomic E-state index is 14.0. The Hall–Kier alpha value is -2.22. The van der Waals surface area contributed by atoms with Gasteiger partial charge in [0.1, 0.15) is 6.04 Å². The van der Waals surface area contributed by atoms with Crippen LogP contribution in [0.15, 0.2) is 18.2 Å². The Balaban J connectivity index is 2.16. The van der Waals surface area contributed by atoms with Crippen LogP contribution >= 0.6 is 0 Å². The van der Waals surface area contributed by atoms with E-state index in [2.05, 4.69) is 5.32 Å². The number of carbonyl (C=O) groups excluding carboxylic acids is 1. The van der Waals surface area contributed by atoms with Crippen molar-refractivity contribution < 1.29 is 28.2 Å². The minimum Gasteiger partial charge on any atom is -0.465 e. The summed E-state index contributed by atoms with van der Waals surface area (Å²) in [7, 11) is 1.44. The lowest BCUT2D eigenvalue weighted by Crippen LogP contribution is -2.49. The first-order valence-corrected chi connectivity index (χ1v) is 7.65. The molecule has 1 aromatic rings. The molecule has 0 bridgehead atoms. The predicted octanol–water partition coefficient (Wildman–Crippen LogP) is 1.95. The zero-order chi connectivity index (χ0) is 17.7. The summed E-state index contributed by atoms with van der Waals surface area (Å²) in [6, 6.07) is 3.06. The van der Waals surface area contributed by atoms with Gasteiger partial charge in [-0.3, -0.25) is 9.69 Å². The largest absolute Gasteiger partial charge is 0.465 e. The van der Waals surface area contributed by atoms with E-state index in [4.69, 9.17) is 4.74 Å². The molecule has 24 heavy (non-hydrogen) atoms. The van der Waals surface area contributed by atoms with E-state index in [1.807, 2.05) is 0 Å². The van der Waals surface area contributed by atoms with Crippen molar-refractivity contribution in [2.75, 3.05) is 26.8 Å². The molecule has 0 saturated carbocycles. The van der Waals surface area contributed by atoms with Gasteiger partial charge in [-0.1, -0.05) is 12.1 Å². The summed E-state index contributed by atoms with van der Waals surface area (Å²) in [5.41, 5.74) is 0.190. The van der Waals surface area contributed by atoms with Gasteiger partial charge in [-0.05, 0) is 24.5 Å². The highest BCUT2D eigenvalue weighted by Crippen LogP contribution is 2.28. The first-order valence-electron chi connectivity index (χ1n) is 7.65. The number of methoxy groups -OCH3 is 1. The molecule has 132 valence electrons. The third-order valence-electron chi connectivity index (χ3n) is 4.19. The number of halogens is 2. The molecule has 2 atom stereocenters. The fourth-order valence-corrected chi connectivity index (χ4v) is 2.91. The van der Waals surface area contributed by atoms with E-state index in [1.54, 1.807) is 0 Å². The van der Waals surface area contributed by atoms with Crippen molar-refractivity contribution in [1.82, 2.24) is 10.2 Å². The van der Waals surface area contributed by atoms with Gasteiger partial charge < -0.3 is 15.2 Å². The molecule has 1 aliphatic heterocycles. The molecule has 1 fully saturated rings. The van der Waals surface area contributed by atoms with Gasteiger partial charge in [0, 0.05) is 26.1 Å². The lowest BCUT2D eigenvalue weighted by atomic mass is 9.93. The first-order chi connectivity index (χ1) is 11.5. The predicted molar refractivity (Wildman–Crippen MR) is 81.7 cm³/mol. The third-order valence-corrected chi connectivity index (χ3v) is 4.19. The van der Waals surface area contributed by atoms with Gasteiger partial charge in [-0.15, -0.1) is 0 Å². The molecule has 1 saturated heterocycles. The molecule has 0 spiro atoms. The van der Waals surface area contributed by atoms with Crippen molar-refractivity contribution >= 4 is 12.0 Å². The average molecular weight is 342 g/mol. The molecule has 1 heterocycles. The van der Waals surface area contributed by atoms with Crippen molar-refractivity contribution in [1.29, 1.82) is 0 Å². The van der Waals surface area contributed by atoms with E-state index in [1.165, 1.54) is 19.2 Å². The number of amides is 2. The monoisotopic (exact) mass is 342 g/mol. The fraction of sp³-hybridized carbons (Fsp3) is 0.500. The van der Waals surface area contributed by atoms with Gasteiger partial charge in [0.15, 0.2) is 11.6 Å². The van der Waals surface area contributed by atoms with Gasteiger partial charge in [0.25, 0.3) is 0 Å². The lowest BCUT2D eigenvalue weighted by molar-refractivity contribution is -0.125. The van der Waals surface area contributed by atoms with Crippen LogP contribution in [0.3, 0.4) is 0 Å². The highest BCUT2D eigenvalue weighted by Gasteiger charge is 2.33. The summed E-state index contributed by atoms with van der Waals surface area (Å²) in [4.78, 5) is 24.6. The second-order valence-corrected chi connectivity index (χ2v) is 5.65. The number of carboxylic acid groups (broad SMARTS) is 1. The van der Waals surface area contributed by atoms with Gasteiger partial charge in [-0.2, -0.15) is 0 Å². The summed E-state index contributed by atoms with van der Waals surface area (Å²) >= 11 is 0. The number of rotatable bonds is 5. The number of nitrogens with zero attached hydrogens (tertiary/aromatic N) is 1. The topological polar surface area (TPSA) is 78.9 Å². The second kappa shape index (κ2) is 8.05. The smallest absolute Gasteiger partial charge is 0.408 e. The van der Waals surface area contributed by atoms with Crippen LogP contribution in [0.1, 0.15) is 24.3 Å². The molecule has 0 unspecified atom stereocenters. The van der Waals surface area contributed by atoms with Crippen LogP contribution in [-0.4, -0.2) is 54.9 Å². The maximum absolute atomic E-state index is 14.0. The van der Waals surface area contributed by atoms with Crippen LogP contribution < -0.4 is 5.32 Å². The summed E-state index contributed by atoms with van der Waals surface area (Å²) < 4.78 is 32.2. The quantitative estimate of drug-likeness (QED) is 0.857. The van der Waals surface area contributed by atoms with Crippen LogP contribution in [-0.2, 0) is 9.53 Å². The second-order valence-electron chi connectivity index (χ2n) is 5.65. The van der Waals surface area contributed by atoms with Crippen molar-refractivity contribution in [3.8, 4) is 0 Å². The molecular weight excluding hydrogens is 322 g/mol. The van der Waals surface area contributed by atoms with E-state index in [-0.39, 0.29) is 31.7 Å². The maximum Gasteiger partial charge on any atom is 0.408 e. The molecule has 2 amide bonds. The van der Waals surface area contributed by atoms with Gasteiger partial charge in [0.2, 0.25) is 5.91 Å². The fourth-order valence-electron chi connectivity index (χ4n) is 2.91. The molecular formula is C16H20F2N2O4. The standard InChI is InChI=1S/C16H20F2N2O4/c1-24-8-7-20(16(22)23)13-6-5-10(9-19-15(13)21)11-3-2-4-12(17)14(11)18/h2-4,10,13H,5-9H2,1H3,(H,19,21)(H,22,23)/t10-,13-/m1/s1. The highest BCUT2D eigenvalue weighted by atomic mass is 19.2. The van der Waals surface area contributed by atoms with Crippen molar-refractivity contribution in [3.05, 3.63) is 35.4 Å². The summed E-state index contributed by atoms with van der Waals surface area (Å²) in [6.45, 7) is 0.356. The molecule has 0 radical (unpaired) electrons. The third kappa shape index (κ3) is 4.00. The van der Waals surface area contributed by atoms with E-state index in [0.717, 1.165) is 11.0 Å². The number of benzene rings is 1. The number of ether oxygens (including phenoxy) is 1. The number of hydrogen-bond acceptors (Lipinski definition) is 3. The van der Waals surface area contributed by atoms with Crippen LogP contribution in [0, 0.1) is 11.6 Å². The summed E-state index contributed by atoms with van der Waals surface area (Å²) in [5, 5.41) is 11.9. The Morgan fingerprint density at radius 2 is 2.17 bits per heavy atom. The summed E-state index contributed by atoms with van der Waals surface area (Å²) in [6.07, 6.45) is -0.634. The van der Waals surface area contributed by atoms with E-state index < -0.39 is 35.6 Å². The number of carbonyl (C=O) groups is 2. The summed E-state index contributed by atoms with van der Waals surface area (Å²) in [5.74, 6) is -2.71. The molecule has 1 aromatic carbocycles. The van der Waals surface area contributed by atoms with Crippen LogP contribution in [0.2, 0.25) is 0 Å². The van der Waals surface area contributed by atoms with E-state index >= 15 is 0 Å². The van der Waals surface area contributed by atoms with Crippen molar-refractivity contribution in [3.63, 3.8) is 0 Å². The SMILES string of the molecule is COCCN(C(=O)O)[C@@H]1CC[C@@H](c2cccc(F)c2F)CNC1=O. The van der Waals surface area contributed by atoms with E-state index in [9.17, 15) is 23.5 Å². The molecule has 2 rings (SSSR count). The molecule has 8 heteroatoms. The zero-order valence-corrected chi connectivity index (χ0v) is 13.3. The highest BCUT2D eigenvalue weighted by molar-refractivity contribution is 5.85. The molecule has 2 N–H and O–H groups in total.